The summed E-state index contributed by atoms with van der Waals surface area (Å²) in [6, 6.07) is 10.5. The van der Waals surface area contributed by atoms with Gasteiger partial charge in [-0.2, -0.15) is 4.98 Å². The van der Waals surface area contributed by atoms with E-state index in [0.717, 1.165) is 12.8 Å². The molecule has 0 atom stereocenters. The number of aromatic nitrogens is 2. The highest BCUT2D eigenvalue weighted by atomic mass is 35.5. The zero-order valence-electron chi connectivity index (χ0n) is 12.7. The van der Waals surface area contributed by atoms with Gasteiger partial charge in [0.05, 0.1) is 6.20 Å². The van der Waals surface area contributed by atoms with Crippen LogP contribution in [-0.2, 0) is 6.42 Å². The Balaban J connectivity index is 2.03. The Hall–Kier alpha value is -1.81. The van der Waals surface area contributed by atoms with Crippen molar-refractivity contribution < 1.29 is 0 Å². The molecule has 2 rings (SSSR count). The number of hydrogen-bond donors (Lipinski definition) is 2. The van der Waals surface area contributed by atoms with E-state index < -0.39 is 0 Å². The van der Waals surface area contributed by atoms with Crippen molar-refractivity contribution in [3.05, 3.63) is 47.1 Å². The number of nitrogens with zero attached hydrogens (tertiary/aromatic N) is 2. The Labute approximate surface area is 131 Å². The van der Waals surface area contributed by atoms with E-state index >= 15 is 0 Å². The lowest BCUT2D eigenvalue weighted by Crippen LogP contribution is -2.32. The first kappa shape index (κ1) is 15.6. The van der Waals surface area contributed by atoms with Gasteiger partial charge in [-0.15, -0.1) is 0 Å². The zero-order chi connectivity index (χ0) is 15.3. The average molecular weight is 305 g/mol. The highest BCUT2D eigenvalue weighted by molar-refractivity contribution is 6.32. The lowest BCUT2D eigenvalue weighted by atomic mass is 9.95. The van der Waals surface area contributed by atoms with Gasteiger partial charge in [0, 0.05) is 12.6 Å². The molecule has 112 valence electrons. The van der Waals surface area contributed by atoms with E-state index in [2.05, 4.69) is 58.7 Å². The Kier molecular flexibility index (Phi) is 5.02. The number of halogens is 1. The second-order valence-corrected chi connectivity index (χ2v) is 6.04. The first-order valence-corrected chi connectivity index (χ1v) is 7.40. The molecule has 1 aromatic carbocycles. The first-order chi connectivity index (χ1) is 10.00. The lowest BCUT2D eigenvalue weighted by Gasteiger charge is -2.27. The molecule has 1 aromatic heterocycles. The van der Waals surface area contributed by atoms with Crippen LogP contribution in [0, 0.1) is 0 Å². The second-order valence-electron chi connectivity index (χ2n) is 5.63. The average Bonchev–Trinajstić information content (AvgIpc) is 2.48. The number of anilines is 2. The van der Waals surface area contributed by atoms with Gasteiger partial charge in [-0.3, -0.25) is 0 Å². The number of aryl methyl sites for hydroxylation is 1. The van der Waals surface area contributed by atoms with Crippen molar-refractivity contribution in [2.45, 2.75) is 32.2 Å². The fraction of sp³-hybridized carbons (Fsp3) is 0.375. The van der Waals surface area contributed by atoms with Gasteiger partial charge >= 0.3 is 0 Å². The van der Waals surface area contributed by atoms with Crippen LogP contribution in [0.15, 0.2) is 36.5 Å². The van der Waals surface area contributed by atoms with E-state index in [1.165, 1.54) is 5.56 Å². The van der Waals surface area contributed by atoms with E-state index in [0.29, 0.717) is 16.8 Å². The Morgan fingerprint density at radius 2 is 1.90 bits per heavy atom. The maximum absolute atomic E-state index is 6.16. The molecule has 0 saturated carbocycles. The summed E-state index contributed by atoms with van der Waals surface area (Å²) >= 11 is 6.16. The monoisotopic (exact) mass is 304 g/mol. The number of rotatable bonds is 6. The summed E-state index contributed by atoms with van der Waals surface area (Å²) in [5.74, 6) is 1.22. The van der Waals surface area contributed by atoms with Crippen molar-refractivity contribution in [1.82, 2.24) is 9.97 Å². The summed E-state index contributed by atoms with van der Waals surface area (Å²) < 4.78 is 0. The fourth-order valence-corrected chi connectivity index (χ4v) is 2.20. The predicted octanol–water partition coefficient (Wildman–Crippen LogP) is 4.00. The largest absolute Gasteiger partial charge is 0.364 e. The van der Waals surface area contributed by atoms with Gasteiger partial charge in [-0.25, -0.2) is 4.98 Å². The summed E-state index contributed by atoms with van der Waals surface area (Å²) in [4.78, 5) is 8.45. The SMILES string of the molecule is CNc1ncc(Cl)c(NC(C)(C)CCc2ccccc2)n1. The van der Waals surface area contributed by atoms with Gasteiger partial charge in [0.2, 0.25) is 5.95 Å². The summed E-state index contributed by atoms with van der Waals surface area (Å²) in [5, 5.41) is 6.86. The molecule has 0 aliphatic rings. The highest BCUT2D eigenvalue weighted by Crippen LogP contribution is 2.25. The maximum Gasteiger partial charge on any atom is 0.224 e. The van der Waals surface area contributed by atoms with E-state index in [1.54, 1.807) is 13.2 Å². The number of benzene rings is 1. The van der Waals surface area contributed by atoms with Crippen LogP contribution in [0.2, 0.25) is 5.02 Å². The van der Waals surface area contributed by atoms with Crippen LogP contribution < -0.4 is 10.6 Å². The molecular formula is C16H21ClN4. The van der Waals surface area contributed by atoms with E-state index in [9.17, 15) is 0 Å². The van der Waals surface area contributed by atoms with Crippen LogP contribution in [0.5, 0.6) is 0 Å². The van der Waals surface area contributed by atoms with Crippen molar-refractivity contribution in [3.8, 4) is 0 Å². The molecule has 2 aromatic rings. The third kappa shape index (κ3) is 4.60. The third-order valence-corrected chi connectivity index (χ3v) is 3.58. The summed E-state index contributed by atoms with van der Waals surface area (Å²) in [6.07, 6.45) is 3.59. The van der Waals surface area contributed by atoms with Gasteiger partial charge in [0.25, 0.3) is 0 Å². The van der Waals surface area contributed by atoms with Gasteiger partial charge < -0.3 is 10.6 Å². The molecule has 0 aliphatic heterocycles. The van der Waals surface area contributed by atoms with Crippen molar-refractivity contribution in [2.75, 3.05) is 17.7 Å². The van der Waals surface area contributed by atoms with Gasteiger partial charge in [0.15, 0.2) is 5.82 Å². The summed E-state index contributed by atoms with van der Waals surface area (Å²) in [6.45, 7) is 4.29. The molecule has 0 saturated heterocycles. The molecule has 4 nitrogen and oxygen atoms in total. The molecule has 0 unspecified atom stereocenters. The number of hydrogen-bond acceptors (Lipinski definition) is 4. The van der Waals surface area contributed by atoms with Gasteiger partial charge in [-0.1, -0.05) is 41.9 Å². The molecule has 0 aliphatic carbocycles. The topological polar surface area (TPSA) is 49.8 Å². The minimum atomic E-state index is -0.112. The molecule has 0 spiro atoms. The molecule has 0 amide bonds. The van der Waals surface area contributed by atoms with Crippen LogP contribution >= 0.6 is 11.6 Å². The Morgan fingerprint density at radius 3 is 2.57 bits per heavy atom. The first-order valence-electron chi connectivity index (χ1n) is 7.02. The quantitative estimate of drug-likeness (QED) is 0.847. The van der Waals surface area contributed by atoms with Crippen molar-refractivity contribution in [1.29, 1.82) is 0 Å². The van der Waals surface area contributed by atoms with Gasteiger partial charge in [-0.05, 0) is 32.3 Å². The molecule has 5 heteroatoms. The van der Waals surface area contributed by atoms with Crippen molar-refractivity contribution in [3.63, 3.8) is 0 Å². The number of nitrogens with one attached hydrogen (secondary N) is 2. The van der Waals surface area contributed by atoms with Crippen LogP contribution in [-0.4, -0.2) is 22.6 Å². The molecule has 2 N–H and O–H groups in total. The van der Waals surface area contributed by atoms with Crippen LogP contribution in [0.1, 0.15) is 25.8 Å². The van der Waals surface area contributed by atoms with E-state index in [4.69, 9.17) is 11.6 Å². The van der Waals surface area contributed by atoms with E-state index in [-0.39, 0.29) is 5.54 Å². The molecule has 1 heterocycles. The summed E-state index contributed by atoms with van der Waals surface area (Å²) in [7, 11) is 1.79. The molecular weight excluding hydrogens is 284 g/mol. The zero-order valence-corrected chi connectivity index (χ0v) is 13.4. The molecule has 0 radical (unpaired) electrons. The Morgan fingerprint density at radius 1 is 1.19 bits per heavy atom. The van der Waals surface area contributed by atoms with Crippen LogP contribution in [0.4, 0.5) is 11.8 Å². The van der Waals surface area contributed by atoms with Crippen molar-refractivity contribution >= 4 is 23.4 Å². The van der Waals surface area contributed by atoms with Gasteiger partial charge in [0.1, 0.15) is 5.02 Å². The van der Waals surface area contributed by atoms with E-state index in [1.807, 2.05) is 6.07 Å². The smallest absolute Gasteiger partial charge is 0.224 e. The highest BCUT2D eigenvalue weighted by Gasteiger charge is 2.19. The second kappa shape index (κ2) is 6.76. The third-order valence-electron chi connectivity index (χ3n) is 3.31. The molecule has 0 fully saturated rings. The lowest BCUT2D eigenvalue weighted by molar-refractivity contribution is 0.516. The standard InChI is InChI=1S/C16H21ClN4/c1-16(2,10-9-12-7-5-4-6-8-12)21-14-13(17)11-19-15(18-3)20-14/h4-8,11H,9-10H2,1-3H3,(H2,18,19,20,21). The van der Waals surface area contributed by atoms with Crippen LogP contribution in [0.25, 0.3) is 0 Å². The van der Waals surface area contributed by atoms with Crippen molar-refractivity contribution in [2.24, 2.45) is 0 Å². The van der Waals surface area contributed by atoms with Crippen LogP contribution in [0.3, 0.4) is 0 Å². The Bertz CT molecular complexity index is 584. The minimum Gasteiger partial charge on any atom is -0.364 e. The summed E-state index contributed by atoms with van der Waals surface area (Å²) in [5.41, 5.74) is 1.22. The minimum absolute atomic E-state index is 0.112. The molecule has 21 heavy (non-hydrogen) atoms. The predicted molar refractivity (Wildman–Crippen MR) is 89.1 cm³/mol. The normalized spacial score (nSPS) is 11.2. The fourth-order valence-electron chi connectivity index (χ4n) is 2.06. The maximum atomic E-state index is 6.16. The molecule has 0 bridgehead atoms.